The number of hydrogen-bond acceptors (Lipinski definition) is 8. The summed E-state index contributed by atoms with van der Waals surface area (Å²) in [7, 11) is 1.54. The van der Waals surface area contributed by atoms with E-state index in [2.05, 4.69) is 42.8 Å². The Hall–Kier alpha value is -4.69. The van der Waals surface area contributed by atoms with E-state index in [1.54, 1.807) is 30.3 Å². The number of halogens is 2. The molecule has 0 unspecified atom stereocenters. The van der Waals surface area contributed by atoms with Gasteiger partial charge >= 0.3 is 0 Å². The molecule has 0 spiro atoms. The van der Waals surface area contributed by atoms with Crippen LogP contribution in [0.15, 0.2) is 99.9 Å². The van der Waals surface area contributed by atoms with Gasteiger partial charge in [0.1, 0.15) is 6.61 Å². The van der Waals surface area contributed by atoms with Gasteiger partial charge in [-0.05, 0) is 70.5 Å². The molecule has 1 amide bonds. The summed E-state index contributed by atoms with van der Waals surface area (Å²) in [6, 6.07) is 27.4. The van der Waals surface area contributed by atoms with Crippen molar-refractivity contribution in [2.45, 2.75) is 6.61 Å². The highest BCUT2D eigenvalue weighted by Crippen LogP contribution is 2.34. The number of carbonyl (C=O) groups is 1. The zero-order chi connectivity index (χ0) is 30.2. The van der Waals surface area contributed by atoms with Gasteiger partial charge in [-0.25, -0.2) is 10.4 Å². The molecular weight excluding hydrogens is 650 g/mol. The quantitative estimate of drug-likeness (QED) is 0.114. The molecule has 0 aliphatic heterocycles. The molecule has 8 nitrogen and oxygen atoms in total. The topological polar surface area (TPSA) is 109 Å². The summed E-state index contributed by atoms with van der Waals surface area (Å²) in [5.74, 6) is 0.622. The van der Waals surface area contributed by atoms with E-state index in [9.17, 15) is 10.1 Å². The number of carbonyl (C=O) groups excluding carboxylic acids is 1. The van der Waals surface area contributed by atoms with Gasteiger partial charge in [0.05, 0.1) is 30.7 Å². The fourth-order valence-electron chi connectivity index (χ4n) is 3.97. The summed E-state index contributed by atoms with van der Waals surface area (Å²) in [5, 5.41) is 20.1. The number of amides is 1. The van der Waals surface area contributed by atoms with Crippen LogP contribution in [0.2, 0.25) is 5.02 Å². The number of methoxy groups -OCH3 is 1. The van der Waals surface area contributed by atoms with Gasteiger partial charge in [-0.15, -0.1) is 11.3 Å². The van der Waals surface area contributed by atoms with Crippen molar-refractivity contribution in [2.24, 2.45) is 5.10 Å². The van der Waals surface area contributed by atoms with Crippen molar-refractivity contribution in [3.63, 3.8) is 0 Å². The van der Waals surface area contributed by atoms with Crippen LogP contribution in [-0.2, 0) is 6.61 Å². The molecule has 0 saturated carbocycles. The molecule has 0 fully saturated rings. The number of benzene rings is 4. The number of thiazole rings is 1. The van der Waals surface area contributed by atoms with E-state index in [0.717, 1.165) is 27.6 Å². The Morgan fingerprint density at radius 2 is 1.86 bits per heavy atom. The summed E-state index contributed by atoms with van der Waals surface area (Å²) in [6.07, 6.45) is 1.51. The maximum atomic E-state index is 12.7. The van der Waals surface area contributed by atoms with Crippen molar-refractivity contribution in [1.29, 1.82) is 5.26 Å². The average Bonchev–Trinajstić information content (AvgIpc) is 3.50. The van der Waals surface area contributed by atoms with Gasteiger partial charge in [-0.2, -0.15) is 10.4 Å². The lowest BCUT2D eigenvalue weighted by Crippen LogP contribution is -2.17. The highest BCUT2D eigenvalue weighted by atomic mass is 79.9. The Morgan fingerprint density at radius 1 is 1.09 bits per heavy atom. The summed E-state index contributed by atoms with van der Waals surface area (Å²) < 4.78 is 12.1. The second kappa shape index (κ2) is 14.0. The van der Waals surface area contributed by atoms with Crippen LogP contribution in [0.3, 0.4) is 0 Å². The first-order chi connectivity index (χ1) is 20.9. The van der Waals surface area contributed by atoms with Gasteiger partial charge in [0.15, 0.2) is 16.6 Å². The minimum Gasteiger partial charge on any atom is -0.493 e. The molecule has 5 rings (SSSR count). The second-order valence-electron chi connectivity index (χ2n) is 9.03. The number of nitriles is 1. The smallest absolute Gasteiger partial charge is 0.271 e. The normalized spacial score (nSPS) is 10.7. The van der Waals surface area contributed by atoms with Gasteiger partial charge in [-0.3, -0.25) is 4.79 Å². The Labute approximate surface area is 265 Å². The van der Waals surface area contributed by atoms with Gasteiger partial charge in [0.2, 0.25) is 0 Å². The molecule has 1 aromatic heterocycles. The van der Waals surface area contributed by atoms with Crippen LogP contribution in [0.1, 0.15) is 27.0 Å². The second-order valence-corrected chi connectivity index (χ2v) is 11.2. The zero-order valence-corrected chi connectivity index (χ0v) is 25.8. The summed E-state index contributed by atoms with van der Waals surface area (Å²) in [6.45, 7) is 0.207. The first kappa shape index (κ1) is 29.8. The summed E-state index contributed by atoms with van der Waals surface area (Å²) in [4.78, 5) is 17.3. The van der Waals surface area contributed by atoms with E-state index >= 15 is 0 Å². The van der Waals surface area contributed by atoms with Crippen LogP contribution in [-0.4, -0.2) is 24.2 Å². The van der Waals surface area contributed by atoms with E-state index in [0.29, 0.717) is 37.7 Å². The third-order valence-electron chi connectivity index (χ3n) is 6.22. The first-order valence-electron chi connectivity index (χ1n) is 12.8. The van der Waals surface area contributed by atoms with Crippen molar-refractivity contribution >= 4 is 61.8 Å². The number of anilines is 2. The van der Waals surface area contributed by atoms with Crippen LogP contribution in [0, 0.1) is 11.3 Å². The molecule has 5 aromatic rings. The molecule has 0 radical (unpaired) electrons. The van der Waals surface area contributed by atoms with Crippen molar-refractivity contribution in [2.75, 3.05) is 12.4 Å². The lowest BCUT2D eigenvalue weighted by atomic mass is 10.1. The zero-order valence-electron chi connectivity index (χ0n) is 22.7. The Kier molecular flexibility index (Phi) is 9.69. The lowest BCUT2D eigenvalue weighted by Gasteiger charge is -2.13. The van der Waals surface area contributed by atoms with Gasteiger partial charge < -0.3 is 14.8 Å². The minimum absolute atomic E-state index is 0.207. The number of hydrogen-bond donors (Lipinski definition) is 2. The minimum atomic E-state index is -0.356. The molecular formula is C32H23BrClN5O3S. The Balaban J connectivity index is 1.19. The molecule has 0 aliphatic carbocycles. The van der Waals surface area contributed by atoms with Crippen LogP contribution >= 0.6 is 38.9 Å². The Morgan fingerprint density at radius 3 is 2.60 bits per heavy atom. The van der Waals surface area contributed by atoms with Crippen LogP contribution in [0.25, 0.3) is 11.3 Å². The average molecular weight is 673 g/mol. The lowest BCUT2D eigenvalue weighted by molar-refractivity contribution is 0.0955. The van der Waals surface area contributed by atoms with Crippen molar-refractivity contribution in [3.8, 4) is 28.8 Å². The predicted molar refractivity (Wildman–Crippen MR) is 174 cm³/mol. The van der Waals surface area contributed by atoms with Crippen molar-refractivity contribution in [3.05, 3.63) is 122 Å². The van der Waals surface area contributed by atoms with Gasteiger partial charge in [0, 0.05) is 42.8 Å². The number of rotatable bonds is 10. The molecule has 2 N–H and O–H groups in total. The number of nitrogens with one attached hydrogen (secondary N) is 2. The Bertz CT molecular complexity index is 1820. The van der Waals surface area contributed by atoms with Crippen LogP contribution in [0.4, 0.5) is 10.8 Å². The fraction of sp³-hybridized carbons (Fsp3) is 0.0625. The maximum Gasteiger partial charge on any atom is 0.271 e. The standard InChI is InChI=1S/C32H23BrClN5O3S/c1-41-29-14-24(27(33)15-30(29)42-18-23-5-3-2-4-22(23)16-35)17-36-39-31(40)21-8-6-20(7-9-21)28-19-43-32(38-28)37-26-12-10-25(34)11-13-26/h2-15,17,19H,18H2,1H3,(H,37,38)(H,39,40)/b36-17-. The highest BCUT2D eigenvalue weighted by Gasteiger charge is 2.12. The molecule has 1 heterocycles. The third kappa shape index (κ3) is 7.59. The van der Waals surface area contributed by atoms with Crippen LogP contribution in [0.5, 0.6) is 11.5 Å². The van der Waals surface area contributed by atoms with Crippen molar-refractivity contribution in [1.82, 2.24) is 10.4 Å². The summed E-state index contributed by atoms with van der Waals surface area (Å²) in [5.41, 5.74) is 7.57. The van der Waals surface area contributed by atoms with E-state index < -0.39 is 0 Å². The molecule has 214 valence electrons. The molecule has 0 saturated heterocycles. The van der Waals surface area contributed by atoms with E-state index in [4.69, 9.17) is 21.1 Å². The van der Waals surface area contributed by atoms with Gasteiger partial charge in [0.25, 0.3) is 5.91 Å². The summed E-state index contributed by atoms with van der Waals surface area (Å²) >= 11 is 11.0. The number of nitrogens with zero attached hydrogens (tertiary/aromatic N) is 3. The van der Waals surface area contributed by atoms with Crippen molar-refractivity contribution < 1.29 is 14.3 Å². The predicted octanol–water partition coefficient (Wildman–Crippen LogP) is 8.19. The largest absolute Gasteiger partial charge is 0.493 e. The van der Waals surface area contributed by atoms with Crippen LogP contribution < -0.4 is 20.2 Å². The fourth-order valence-corrected chi connectivity index (χ4v) is 5.26. The van der Waals surface area contributed by atoms with E-state index in [1.807, 2.05) is 60.0 Å². The molecule has 0 bridgehead atoms. The highest BCUT2D eigenvalue weighted by molar-refractivity contribution is 9.10. The molecule has 0 aliphatic rings. The molecule has 43 heavy (non-hydrogen) atoms. The molecule has 4 aromatic carbocycles. The monoisotopic (exact) mass is 671 g/mol. The van der Waals surface area contributed by atoms with E-state index in [1.165, 1.54) is 24.7 Å². The third-order valence-corrected chi connectivity index (χ3v) is 7.91. The number of ether oxygens (including phenoxy) is 2. The molecule has 0 atom stereocenters. The van der Waals surface area contributed by atoms with Gasteiger partial charge in [-0.1, -0.05) is 41.9 Å². The number of aromatic nitrogens is 1. The SMILES string of the molecule is COc1cc(/C=N\NC(=O)c2ccc(-c3csc(Nc4ccc(Cl)cc4)n3)cc2)c(Br)cc1OCc1ccccc1C#N. The first-order valence-corrected chi connectivity index (χ1v) is 14.9. The molecule has 11 heteroatoms. The number of hydrazone groups is 1. The van der Waals surface area contributed by atoms with E-state index in [-0.39, 0.29) is 12.5 Å². The maximum absolute atomic E-state index is 12.7.